The van der Waals surface area contributed by atoms with Gasteiger partial charge in [-0.25, -0.2) is 4.98 Å². The molecule has 0 atom stereocenters. The van der Waals surface area contributed by atoms with E-state index in [4.69, 9.17) is 0 Å². The Morgan fingerprint density at radius 1 is 1.12 bits per heavy atom. The smallest absolute Gasteiger partial charge is 0.221 e. The van der Waals surface area contributed by atoms with Crippen LogP contribution in [-0.4, -0.2) is 15.9 Å². The van der Waals surface area contributed by atoms with E-state index in [9.17, 15) is 4.79 Å². The van der Waals surface area contributed by atoms with Crippen LogP contribution in [0.5, 0.6) is 0 Å². The summed E-state index contributed by atoms with van der Waals surface area (Å²) in [6, 6.07) is 14.4. The van der Waals surface area contributed by atoms with Gasteiger partial charge < -0.3 is 10.3 Å². The van der Waals surface area contributed by atoms with Crippen LogP contribution in [0.4, 0.5) is 5.69 Å². The molecule has 2 heterocycles. The SMILES string of the molecule is CC(=O)Nc1cccc(-c2ccc(C)c3[nH]c4ncc(C)cc4c23)c1. The second kappa shape index (κ2) is 5.74. The molecule has 4 heteroatoms. The summed E-state index contributed by atoms with van der Waals surface area (Å²) in [5, 5.41) is 5.15. The molecule has 0 unspecified atom stereocenters. The summed E-state index contributed by atoms with van der Waals surface area (Å²) in [6.07, 6.45) is 1.88. The second-order valence-electron chi connectivity index (χ2n) is 6.48. The summed E-state index contributed by atoms with van der Waals surface area (Å²) < 4.78 is 0. The fourth-order valence-electron chi connectivity index (χ4n) is 3.33. The molecule has 0 fully saturated rings. The summed E-state index contributed by atoms with van der Waals surface area (Å²) >= 11 is 0. The quantitative estimate of drug-likeness (QED) is 0.546. The standard InChI is InChI=1S/C21H19N3O/c1-12-9-18-19-17(15-5-4-6-16(10-15)23-14(3)25)8-7-13(2)20(19)24-21(18)22-11-12/h4-11H,1-3H3,(H,22,24)(H,23,25). The molecule has 0 saturated carbocycles. The first kappa shape index (κ1) is 15.4. The summed E-state index contributed by atoms with van der Waals surface area (Å²) in [5.41, 5.74) is 7.32. The Bertz CT molecular complexity index is 1120. The number of nitrogens with zero attached hydrogens (tertiary/aromatic N) is 1. The maximum absolute atomic E-state index is 11.4. The number of H-pyrrole nitrogens is 1. The molecule has 0 spiro atoms. The van der Waals surface area contributed by atoms with E-state index in [2.05, 4.69) is 53.4 Å². The molecule has 0 aliphatic rings. The van der Waals surface area contributed by atoms with Gasteiger partial charge >= 0.3 is 0 Å². The number of aromatic nitrogens is 2. The van der Waals surface area contributed by atoms with Gasteiger partial charge in [0.25, 0.3) is 0 Å². The van der Waals surface area contributed by atoms with Gasteiger partial charge in [0.2, 0.25) is 5.91 Å². The minimum atomic E-state index is -0.0712. The van der Waals surface area contributed by atoms with Gasteiger partial charge in [0.1, 0.15) is 5.65 Å². The van der Waals surface area contributed by atoms with Gasteiger partial charge in [-0.2, -0.15) is 0 Å². The monoisotopic (exact) mass is 329 g/mol. The van der Waals surface area contributed by atoms with Crippen LogP contribution in [0.1, 0.15) is 18.1 Å². The first-order valence-electron chi connectivity index (χ1n) is 8.28. The van der Waals surface area contributed by atoms with E-state index in [1.54, 1.807) is 0 Å². The Hall–Kier alpha value is -3.14. The third-order valence-electron chi connectivity index (χ3n) is 4.44. The molecular weight excluding hydrogens is 310 g/mol. The Labute approximate surface area is 145 Å². The number of rotatable bonds is 2. The summed E-state index contributed by atoms with van der Waals surface area (Å²) in [5.74, 6) is -0.0712. The maximum Gasteiger partial charge on any atom is 0.221 e. The predicted octanol–water partition coefficient (Wildman–Crippen LogP) is 4.96. The number of carbonyl (C=O) groups is 1. The van der Waals surface area contributed by atoms with Crippen LogP contribution in [0.2, 0.25) is 0 Å². The van der Waals surface area contributed by atoms with E-state index in [-0.39, 0.29) is 5.91 Å². The highest BCUT2D eigenvalue weighted by Crippen LogP contribution is 2.36. The van der Waals surface area contributed by atoms with Crippen LogP contribution < -0.4 is 5.32 Å². The zero-order valence-corrected chi connectivity index (χ0v) is 14.5. The molecule has 4 aromatic rings. The Balaban J connectivity index is 2.02. The molecule has 124 valence electrons. The summed E-state index contributed by atoms with van der Waals surface area (Å²) in [7, 11) is 0. The van der Waals surface area contributed by atoms with E-state index in [0.717, 1.165) is 38.9 Å². The molecule has 4 nitrogen and oxygen atoms in total. The first-order valence-corrected chi connectivity index (χ1v) is 8.28. The van der Waals surface area contributed by atoms with Gasteiger partial charge in [0, 0.05) is 29.6 Å². The molecule has 1 amide bonds. The van der Waals surface area contributed by atoms with Crippen molar-refractivity contribution in [2.45, 2.75) is 20.8 Å². The minimum Gasteiger partial charge on any atom is -0.339 e. The average molecular weight is 329 g/mol. The van der Waals surface area contributed by atoms with Crippen molar-refractivity contribution in [1.29, 1.82) is 0 Å². The van der Waals surface area contributed by atoms with Gasteiger partial charge in [-0.15, -0.1) is 0 Å². The third kappa shape index (κ3) is 2.66. The van der Waals surface area contributed by atoms with E-state index >= 15 is 0 Å². The van der Waals surface area contributed by atoms with Gasteiger partial charge in [-0.3, -0.25) is 4.79 Å². The van der Waals surface area contributed by atoms with E-state index in [1.165, 1.54) is 17.9 Å². The van der Waals surface area contributed by atoms with Crippen LogP contribution in [0, 0.1) is 13.8 Å². The second-order valence-corrected chi connectivity index (χ2v) is 6.48. The molecule has 0 bridgehead atoms. The van der Waals surface area contributed by atoms with E-state index in [1.807, 2.05) is 24.4 Å². The van der Waals surface area contributed by atoms with Gasteiger partial charge in [-0.05, 0) is 54.3 Å². The number of anilines is 1. The number of amides is 1. The number of aromatic amines is 1. The number of fused-ring (bicyclic) bond motifs is 3. The van der Waals surface area contributed by atoms with Crippen molar-refractivity contribution in [2.75, 3.05) is 5.32 Å². The van der Waals surface area contributed by atoms with Crippen molar-refractivity contribution < 1.29 is 4.79 Å². The lowest BCUT2D eigenvalue weighted by Gasteiger charge is -2.09. The number of hydrogen-bond donors (Lipinski definition) is 2. The topological polar surface area (TPSA) is 57.8 Å². The molecule has 2 aromatic carbocycles. The van der Waals surface area contributed by atoms with E-state index in [0.29, 0.717) is 0 Å². The number of pyridine rings is 1. The van der Waals surface area contributed by atoms with Crippen LogP contribution in [-0.2, 0) is 4.79 Å². The van der Waals surface area contributed by atoms with Crippen molar-refractivity contribution in [1.82, 2.24) is 9.97 Å². The molecule has 0 aliphatic carbocycles. The third-order valence-corrected chi connectivity index (χ3v) is 4.44. The van der Waals surface area contributed by atoms with Crippen molar-refractivity contribution >= 4 is 33.5 Å². The first-order chi connectivity index (χ1) is 12.0. The van der Waals surface area contributed by atoms with Crippen LogP contribution in [0.3, 0.4) is 0 Å². The highest BCUT2D eigenvalue weighted by molar-refractivity contribution is 6.14. The molecule has 4 rings (SSSR count). The lowest BCUT2D eigenvalue weighted by Crippen LogP contribution is -2.05. The predicted molar refractivity (Wildman–Crippen MR) is 103 cm³/mol. The van der Waals surface area contributed by atoms with Gasteiger partial charge in [0.15, 0.2) is 0 Å². The highest BCUT2D eigenvalue weighted by Gasteiger charge is 2.13. The zero-order valence-electron chi connectivity index (χ0n) is 14.5. The summed E-state index contributed by atoms with van der Waals surface area (Å²) in [6.45, 7) is 5.67. The fourth-order valence-corrected chi connectivity index (χ4v) is 3.33. The largest absolute Gasteiger partial charge is 0.339 e. The molecule has 2 aromatic heterocycles. The molecule has 0 aliphatic heterocycles. The minimum absolute atomic E-state index is 0.0712. The van der Waals surface area contributed by atoms with Crippen molar-refractivity contribution in [3.8, 4) is 11.1 Å². The lowest BCUT2D eigenvalue weighted by molar-refractivity contribution is -0.114. The van der Waals surface area contributed by atoms with Gasteiger partial charge in [0.05, 0.1) is 5.52 Å². The maximum atomic E-state index is 11.4. The molecule has 25 heavy (non-hydrogen) atoms. The number of aryl methyl sites for hydroxylation is 2. The molecule has 2 N–H and O–H groups in total. The zero-order chi connectivity index (χ0) is 17.6. The number of nitrogens with one attached hydrogen (secondary N) is 2. The molecule has 0 radical (unpaired) electrons. The van der Waals surface area contributed by atoms with Crippen molar-refractivity contribution in [3.05, 3.63) is 59.8 Å². The van der Waals surface area contributed by atoms with Crippen LogP contribution in [0.25, 0.3) is 33.1 Å². The summed E-state index contributed by atoms with van der Waals surface area (Å²) in [4.78, 5) is 19.4. The van der Waals surface area contributed by atoms with E-state index < -0.39 is 0 Å². The Kier molecular flexibility index (Phi) is 3.53. The van der Waals surface area contributed by atoms with Crippen LogP contribution in [0.15, 0.2) is 48.7 Å². The molecule has 0 saturated heterocycles. The fraction of sp³-hybridized carbons (Fsp3) is 0.143. The molecular formula is C21H19N3O. The highest BCUT2D eigenvalue weighted by atomic mass is 16.1. The van der Waals surface area contributed by atoms with Crippen LogP contribution >= 0.6 is 0 Å². The number of benzene rings is 2. The van der Waals surface area contributed by atoms with Crippen molar-refractivity contribution in [3.63, 3.8) is 0 Å². The average Bonchev–Trinajstić information content (AvgIpc) is 2.95. The van der Waals surface area contributed by atoms with Gasteiger partial charge in [-0.1, -0.05) is 24.3 Å². The number of hydrogen-bond acceptors (Lipinski definition) is 2. The van der Waals surface area contributed by atoms with Crippen molar-refractivity contribution in [2.24, 2.45) is 0 Å². The lowest BCUT2D eigenvalue weighted by atomic mass is 9.97. The normalized spacial score (nSPS) is 11.2. The Morgan fingerprint density at radius 2 is 1.96 bits per heavy atom. The Morgan fingerprint density at radius 3 is 2.76 bits per heavy atom. The number of carbonyl (C=O) groups excluding carboxylic acids is 1.